The van der Waals surface area contributed by atoms with Crippen molar-refractivity contribution in [1.82, 2.24) is 5.32 Å². The second-order valence-corrected chi connectivity index (χ2v) is 5.43. The van der Waals surface area contributed by atoms with E-state index < -0.39 is 0 Å². The van der Waals surface area contributed by atoms with Crippen LogP contribution < -0.4 is 11.1 Å². The van der Waals surface area contributed by atoms with Gasteiger partial charge in [-0.1, -0.05) is 31.5 Å². The third kappa shape index (κ3) is 2.34. The number of benzene rings is 1. The lowest BCUT2D eigenvalue weighted by molar-refractivity contribution is 0.0958. The lowest BCUT2D eigenvalue weighted by Gasteiger charge is -2.02. The quantitative estimate of drug-likeness (QED) is 0.830. The molecule has 4 heteroatoms. The van der Waals surface area contributed by atoms with Gasteiger partial charge in [0.15, 0.2) is 0 Å². The maximum Gasteiger partial charge on any atom is 0.263 e. The summed E-state index contributed by atoms with van der Waals surface area (Å²) in [5.74, 6) is -0.0541. The summed E-state index contributed by atoms with van der Waals surface area (Å²) in [6.45, 7) is 4.85. The van der Waals surface area contributed by atoms with Crippen molar-refractivity contribution in [3.05, 3.63) is 28.6 Å². The van der Waals surface area contributed by atoms with Crippen molar-refractivity contribution in [2.45, 2.75) is 26.7 Å². The van der Waals surface area contributed by atoms with Crippen LogP contribution in [-0.2, 0) is 0 Å². The highest BCUT2D eigenvalue weighted by Crippen LogP contribution is 2.35. The van der Waals surface area contributed by atoms with Gasteiger partial charge in [-0.05, 0) is 18.9 Å². The number of nitrogens with one attached hydrogen (secondary N) is 1. The SMILES string of the molecule is CCCCNC(=O)c1sc2c(C)cccc2c1N. The van der Waals surface area contributed by atoms with Crippen LogP contribution >= 0.6 is 11.3 Å². The Kier molecular flexibility index (Phi) is 3.87. The maximum absolute atomic E-state index is 12.0. The molecule has 1 amide bonds. The summed E-state index contributed by atoms with van der Waals surface area (Å²) in [5.41, 5.74) is 7.83. The van der Waals surface area contributed by atoms with Crippen LogP contribution in [0.2, 0.25) is 0 Å². The number of carbonyl (C=O) groups is 1. The minimum atomic E-state index is -0.0541. The molecule has 0 aliphatic rings. The number of amides is 1. The van der Waals surface area contributed by atoms with E-state index in [1.807, 2.05) is 25.1 Å². The van der Waals surface area contributed by atoms with Gasteiger partial charge in [-0.3, -0.25) is 4.79 Å². The molecule has 0 saturated carbocycles. The molecule has 0 unspecified atom stereocenters. The number of hydrogen-bond donors (Lipinski definition) is 2. The molecule has 0 radical (unpaired) electrons. The van der Waals surface area contributed by atoms with E-state index in [9.17, 15) is 4.79 Å². The van der Waals surface area contributed by atoms with Crippen molar-refractivity contribution in [1.29, 1.82) is 0 Å². The predicted octanol–water partition coefficient (Wildman–Crippen LogP) is 3.32. The molecular weight excluding hydrogens is 244 g/mol. The van der Waals surface area contributed by atoms with Crippen molar-refractivity contribution in [2.24, 2.45) is 0 Å². The molecule has 0 atom stereocenters. The highest BCUT2D eigenvalue weighted by Gasteiger charge is 2.16. The van der Waals surface area contributed by atoms with Crippen LogP contribution in [0.1, 0.15) is 35.0 Å². The molecule has 1 heterocycles. The monoisotopic (exact) mass is 262 g/mol. The molecule has 2 rings (SSSR count). The van der Waals surface area contributed by atoms with Crippen molar-refractivity contribution < 1.29 is 4.79 Å². The summed E-state index contributed by atoms with van der Waals surface area (Å²) in [6, 6.07) is 5.98. The minimum Gasteiger partial charge on any atom is -0.397 e. The van der Waals surface area contributed by atoms with Crippen LogP contribution in [0, 0.1) is 6.92 Å². The topological polar surface area (TPSA) is 55.1 Å². The summed E-state index contributed by atoms with van der Waals surface area (Å²) in [7, 11) is 0. The predicted molar refractivity (Wildman–Crippen MR) is 78.2 cm³/mol. The Morgan fingerprint density at radius 2 is 2.22 bits per heavy atom. The zero-order valence-corrected chi connectivity index (χ0v) is 11.6. The molecule has 2 aromatic rings. The number of unbranched alkanes of at least 4 members (excludes halogenated alkanes) is 1. The van der Waals surface area contributed by atoms with Gasteiger partial charge in [-0.25, -0.2) is 0 Å². The van der Waals surface area contributed by atoms with Crippen LogP contribution in [0.15, 0.2) is 18.2 Å². The van der Waals surface area contributed by atoms with Crippen LogP contribution in [0.5, 0.6) is 0 Å². The first kappa shape index (κ1) is 12.9. The smallest absolute Gasteiger partial charge is 0.263 e. The van der Waals surface area contributed by atoms with Crippen LogP contribution in [0.3, 0.4) is 0 Å². The first-order valence-electron chi connectivity index (χ1n) is 6.21. The van der Waals surface area contributed by atoms with E-state index in [1.165, 1.54) is 11.3 Å². The van der Waals surface area contributed by atoms with Gasteiger partial charge in [-0.15, -0.1) is 11.3 Å². The van der Waals surface area contributed by atoms with Crippen molar-refractivity contribution in [2.75, 3.05) is 12.3 Å². The molecule has 3 N–H and O–H groups in total. The highest BCUT2D eigenvalue weighted by atomic mass is 32.1. The summed E-state index contributed by atoms with van der Waals surface area (Å²) in [5, 5.41) is 3.90. The number of aryl methyl sites for hydroxylation is 1. The van der Waals surface area contributed by atoms with Gasteiger partial charge < -0.3 is 11.1 Å². The van der Waals surface area contributed by atoms with E-state index in [2.05, 4.69) is 12.2 Å². The van der Waals surface area contributed by atoms with Crippen molar-refractivity contribution in [3.8, 4) is 0 Å². The van der Waals surface area contributed by atoms with E-state index in [1.54, 1.807) is 0 Å². The average molecular weight is 262 g/mol. The Morgan fingerprint density at radius 3 is 2.89 bits per heavy atom. The van der Waals surface area contributed by atoms with Crippen molar-refractivity contribution in [3.63, 3.8) is 0 Å². The second kappa shape index (κ2) is 5.40. The molecule has 96 valence electrons. The Hall–Kier alpha value is -1.55. The zero-order valence-electron chi connectivity index (χ0n) is 10.7. The van der Waals surface area contributed by atoms with E-state index in [0.29, 0.717) is 17.1 Å². The molecular formula is C14H18N2OS. The standard InChI is InChI=1S/C14H18N2OS/c1-3-4-8-16-14(17)13-11(15)10-7-5-6-9(2)12(10)18-13/h5-7H,3-4,8,15H2,1-2H3,(H,16,17). The lowest BCUT2D eigenvalue weighted by atomic mass is 10.1. The van der Waals surface area contributed by atoms with E-state index in [0.717, 1.165) is 28.5 Å². The van der Waals surface area contributed by atoms with E-state index in [4.69, 9.17) is 5.73 Å². The van der Waals surface area contributed by atoms with E-state index >= 15 is 0 Å². The average Bonchev–Trinajstić information content (AvgIpc) is 2.69. The second-order valence-electron chi connectivity index (χ2n) is 4.41. The van der Waals surface area contributed by atoms with Gasteiger partial charge in [0.05, 0.1) is 5.69 Å². The molecule has 18 heavy (non-hydrogen) atoms. The van der Waals surface area contributed by atoms with Gasteiger partial charge in [0.25, 0.3) is 5.91 Å². The molecule has 1 aromatic carbocycles. The zero-order chi connectivity index (χ0) is 13.1. The number of nitrogen functional groups attached to an aromatic ring is 1. The lowest BCUT2D eigenvalue weighted by Crippen LogP contribution is -2.24. The third-order valence-corrected chi connectivity index (χ3v) is 4.33. The number of rotatable bonds is 4. The molecule has 0 bridgehead atoms. The summed E-state index contributed by atoms with van der Waals surface area (Å²) in [4.78, 5) is 12.7. The van der Waals surface area contributed by atoms with Crippen LogP contribution in [-0.4, -0.2) is 12.5 Å². The van der Waals surface area contributed by atoms with Gasteiger partial charge >= 0.3 is 0 Å². The fraction of sp³-hybridized carbons (Fsp3) is 0.357. The number of hydrogen-bond acceptors (Lipinski definition) is 3. The Bertz CT molecular complexity index is 574. The Balaban J connectivity index is 2.31. The van der Waals surface area contributed by atoms with Gasteiger partial charge in [0.2, 0.25) is 0 Å². The number of thiophene rings is 1. The molecule has 0 saturated heterocycles. The normalized spacial score (nSPS) is 10.8. The first-order valence-corrected chi connectivity index (χ1v) is 7.02. The minimum absolute atomic E-state index is 0.0541. The number of carbonyl (C=O) groups excluding carboxylic acids is 1. The Morgan fingerprint density at radius 1 is 1.44 bits per heavy atom. The molecule has 1 aromatic heterocycles. The van der Waals surface area contributed by atoms with Crippen LogP contribution in [0.4, 0.5) is 5.69 Å². The molecule has 0 spiro atoms. The summed E-state index contributed by atoms with van der Waals surface area (Å²) in [6.07, 6.45) is 2.07. The number of nitrogens with two attached hydrogens (primary N) is 1. The number of anilines is 1. The Labute approximate surface area is 111 Å². The number of fused-ring (bicyclic) bond motifs is 1. The maximum atomic E-state index is 12.0. The largest absolute Gasteiger partial charge is 0.397 e. The summed E-state index contributed by atoms with van der Waals surface area (Å²) < 4.78 is 1.11. The third-order valence-electron chi connectivity index (χ3n) is 2.97. The molecule has 0 aliphatic carbocycles. The highest BCUT2D eigenvalue weighted by molar-refractivity contribution is 7.21. The van der Waals surface area contributed by atoms with Gasteiger partial charge in [0.1, 0.15) is 4.88 Å². The van der Waals surface area contributed by atoms with E-state index in [-0.39, 0.29) is 5.91 Å². The summed E-state index contributed by atoms with van der Waals surface area (Å²) >= 11 is 1.48. The van der Waals surface area contributed by atoms with Gasteiger partial charge in [0, 0.05) is 16.6 Å². The first-order chi connectivity index (χ1) is 8.65. The molecule has 3 nitrogen and oxygen atoms in total. The molecule has 0 fully saturated rings. The molecule has 0 aliphatic heterocycles. The van der Waals surface area contributed by atoms with Crippen LogP contribution in [0.25, 0.3) is 10.1 Å². The fourth-order valence-electron chi connectivity index (χ4n) is 1.91. The van der Waals surface area contributed by atoms with Crippen molar-refractivity contribution >= 4 is 33.0 Å². The van der Waals surface area contributed by atoms with Gasteiger partial charge in [-0.2, -0.15) is 0 Å². The fourth-order valence-corrected chi connectivity index (χ4v) is 3.01.